The van der Waals surface area contributed by atoms with Gasteiger partial charge in [-0.15, -0.1) is 0 Å². The Kier molecular flexibility index (Phi) is 3.15. The van der Waals surface area contributed by atoms with Crippen molar-refractivity contribution in [3.8, 4) is 0 Å². The second-order valence-electron chi connectivity index (χ2n) is 14.2. The van der Waals surface area contributed by atoms with Crippen LogP contribution in [0.1, 0.15) is 68.2 Å². The highest BCUT2D eigenvalue weighted by atomic mass is 28.3. The van der Waals surface area contributed by atoms with Gasteiger partial charge in [-0.2, -0.15) is 0 Å². The van der Waals surface area contributed by atoms with Gasteiger partial charge in [-0.25, -0.2) is 0 Å². The van der Waals surface area contributed by atoms with Gasteiger partial charge in [0.25, 0.3) is 0 Å². The standard InChI is InChI=1S/C26H42Si/c1-23(2)14-12-16(23)25(5,6)20-18(14)22(27(9,10)11)19-15-13-17(24(15,3)4)26(7,8)21(19)20/h14-17,22H,12-13H2,1-11H3. The van der Waals surface area contributed by atoms with Gasteiger partial charge in [-0.1, -0.05) is 86.2 Å². The molecule has 2 fully saturated rings. The van der Waals surface area contributed by atoms with E-state index in [0.717, 1.165) is 29.2 Å². The summed E-state index contributed by atoms with van der Waals surface area (Å²) >= 11 is 0. The molecule has 1 heteroatoms. The minimum absolute atomic E-state index is 0.355. The highest BCUT2D eigenvalue weighted by molar-refractivity contribution is 6.79. The number of hydrogen-bond acceptors (Lipinski definition) is 0. The van der Waals surface area contributed by atoms with Crippen molar-refractivity contribution >= 4 is 8.07 Å². The van der Waals surface area contributed by atoms with Crippen LogP contribution in [0.4, 0.5) is 0 Å². The Morgan fingerprint density at radius 2 is 0.963 bits per heavy atom. The van der Waals surface area contributed by atoms with Crippen LogP contribution in [-0.4, -0.2) is 8.07 Å². The lowest BCUT2D eigenvalue weighted by molar-refractivity contribution is -0.0861. The molecule has 0 radical (unpaired) electrons. The molecule has 2 saturated carbocycles. The van der Waals surface area contributed by atoms with Crippen LogP contribution in [0.15, 0.2) is 22.3 Å². The van der Waals surface area contributed by atoms with E-state index in [2.05, 4.69) is 75.0 Å². The summed E-state index contributed by atoms with van der Waals surface area (Å²) < 4.78 is 0. The Bertz CT molecular complexity index is 746. The Balaban J connectivity index is 1.82. The van der Waals surface area contributed by atoms with Crippen LogP contribution in [0.5, 0.6) is 0 Å². The second kappa shape index (κ2) is 4.55. The molecule has 0 amide bonds. The van der Waals surface area contributed by atoms with E-state index in [1.165, 1.54) is 12.8 Å². The predicted octanol–water partition coefficient (Wildman–Crippen LogP) is 7.71. The molecule has 4 unspecified atom stereocenters. The fourth-order valence-corrected chi connectivity index (χ4v) is 12.1. The summed E-state index contributed by atoms with van der Waals surface area (Å²) in [5, 5.41) is 0. The summed E-state index contributed by atoms with van der Waals surface area (Å²) in [6.07, 6.45) is 2.91. The van der Waals surface area contributed by atoms with Gasteiger partial charge in [-0.05, 0) is 74.9 Å². The maximum Gasteiger partial charge on any atom is 0.0565 e. The zero-order valence-corrected chi connectivity index (χ0v) is 20.8. The van der Waals surface area contributed by atoms with Crippen molar-refractivity contribution in [3.63, 3.8) is 0 Å². The second-order valence-corrected chi connectivity index (χ2v) is 19.5. The maximum absolute atomic E-state index is 2.66. The first-order valence-corrected chi connectivity index (χ1v) is 15.1. The predicted molar refractivity (Wildman–Crippen MR) is 119 cm³/mol. The van der Waals surface area contributed by atoms with Gasteiger partial charge < -0.3 is 0 Å². The molecule has 0 aromatic heterocycles. The summed E-state index contributed by atoms with van der Waals surface area (Å²) in [4.78, 5) is 0. The minimum atomic E-state index is -1.34. The third-order valence-corrected chi connectivity index (χ3v) is 13.0. The summed E-state index contributed by atoms with van der Waals surface area (Å²) in [7, 11) is -1.34. The highest BCUT2D eigenvalue weighted by Gasteiger charge is 2.71. The van der Waals surface area contributed by atoms with Crippen molar-refractivity contribution in [2.45, 2.75) is 93.4 Å². The van der Waals surface area contributed by atoms with Gasteiger partial charge in [0.05, 0.1) is 8.07 Å². The van der Waals surface area contributed by atoms with Crippen LogP contribution >= 0.6 is 0 Å². The quantitative estimate of drug-likeness (QED) is 0.407. The van der Waals surface area contributed by atoms with E-state index < -0.39 is 8.07 Å². The number of hydrogen-bond donors (Lipinski definition) is 0. The minimum Gasteiger partial charge on any atom is -0.0688 e. The van der Waals surface area contributed by atoms with Gasteiger partial charge in [0, 0.05) is 0 Å². The van der Waals surface area contributed by atoms with Crippen LogP contribution in [0.2, 0.25) is 25.2 Å². The first-order valence-electron chi connectivity index (χ1n) is 11.6. The van der Waals surface area contributed by atoms with Gasteiger partial charge in [-0.3, -0.25) is 0 Å². The monoisotopic (exact) mass is 382 g/mol. The van der Waals surface area contributed by atoms with Crippen LogP contribution in [0.25, 0.3) is 0 Å². The molecule has 0 aromatic carbocycles. The summed E-state index contributed by atoms with van der Waals surface area (Å²) in [6, 6.07) is 0. The maximum atomic E-state index is 2.66. The molecule has 4 bridgehead atoms. The van der Waals surface area contributed by atoms with Crippen molar-refractivity contribution in [2.75, 3.05) is 0 Å². The smallest absolute Gasteiger partial charge is 0.0565 e. The van der Waals surface area contributed by atoms with E-state index >= 15 is 0 Å². The van der Waals surface area contributed by atoms with Gasteiger partial charge in [0.15, 0.2) is 0 Å². The largest absolute Gasteiger partial charge is 0.0688 e. The lowest BCUT2D eigenvalue weighted by Crippen LogP contribution is -2.59. The van der Waals surface area contributed by atoms with E-state index in [-0.39, 0.29) is 0 Å². The molecular formula is C26H42Si. The Labute approximate surface area is 169 Å². The van der Waals surface area contributed by atoms with Crippen LogP contribution in [0, 0.1) is 45.3 Å². The van der Waals surface area contributed by atoms with Gasteiger partial charge in [0.1, 0.15) is 0 Å². The zero-order valence-electron chi connectivity index (χ0n) is 19.8. The summed E-state index contributed by atoms with van der Waals surface area (Å²) in [5.74, 6) is 3.43. The molecule has 7 aliphatic carbocycles. The first-order chi connectivity index (χ1) is 12.1. The normalized spacial score (nSPS) is 44.3. The Morgan fingerprint density at radius 1 is 0.630 bits per heavy atom. The topological polar surface area (TPSA) is 0 Å². The molecule has 27 heavy (non-hydrogen) atoms. The van der Waals surface area contributed by atoms with E-state index in [9.17, 15) is 0 Å². The van der Waals surface area contributed by atoms with E-state index in [1.54, 1.807) is 0 Å². The molecule has 0 aliphatic heterocycles. The first kappa shape index (κ1) is 18.7. The molecule has 0 saturated heterocycles. The molecule has 0 N–H and O–H groups in total. The Hall–Kier alpha value is -0.303. The molecule has 7 rings (SSSR count). The van der Waals surface area contributed by atoms with Crippen molar-refractivity contribution in [1.29, 1.82) is 0 Å². The molecular weight excluding hydrogens is 340 g/mol. The van der Waals surface area contributed by atoms with Crippen molar-refractivity contribution in [1.82, 2.24) is 0 Å². The van der Waals surface area contributed by atoms with Crippen molar-refractivity contribution in [2.24, 2.45) is 45.3 Å². The highest BCUT2D eigenvalue weighted by Crippen LogP contribution is 2.81. The Morgan fingerprint density at radius 3 is 1.22 bits per heavy atom. The fraction of sp³-hybridized carbons (Fsp3) is 0.846. The average Bonchev–Trinajstić information content (AvgIpc) is 2.81. The molecule has 0 nitrogen and oxygen atoms in total. The zero-order chi connectivity index (χ0) is 20.1. The molecule has 4 atom stereocenters. The summed E-state index contributed by atoms with van der Waals surface area (Å²) in [5.41, 5.74) is 10.2. The SMILES string of the molecule is CC1(C)C2=C(C3CC1C3(C)C)C([Si](C)(C)C)C1=C2C(C)(C)C2CC1C2(C)C. The van der Waals surface area contributed by atoms with E-state index in [1.807, 2.05) is 22.3 Å². The summed E-state index contributed by atoms with van der Waals surface area (Å²) in [6.45, 7) is 28.8. The lowest BCUT2D eigenvalue weighted by atomic mass is 9.37. The molecule has 0 heterocycles. The lowest BCUT2D eigenvalue weighted by Gasteiger charge is -2.67. The third kappa shape index (κ3) is 1.79. The van der Waals surface area contributed by atoms with Gasteiger partial charge >= 0.3 is 0 Å². The molecule has 150 valence electrons. The molecule has 0 spiro atoms. The molecule has 7 aliphatic rings. The van der Waals surface area contributed by atoms with E-state index in [4.69, 9.17) is 0 Å². The van der Waals surface area contributed by atoms with Crippen molar-refractivity contribution < 1.29 is 0 Å². The third-order valence-electron chi connectivity index (χ3n) is 10.6. The molecule has 0 aromatic rings. The van der Waals surface area contributed by atoms with Crippen LogP contribution in [-0.2, 0) is 0 Å². The number of rotatable bonds is 1. The van der Waals surface area contributed by atoms with Crippen molar-refractivity contribution in [3.05, 3.63) is 22.3 Å². The average molecular weight is 383 g/mol. The van der Waals surface area contributed by atoms with Gasteiger partial charge in [0.2, 0.25) is 0 Å². The van der Waals surface area contributed by atoms with E-state index in [0.29, 0.717) is 21.7 Å². The van der Waals surface area contributed by atoms with Crippen LogP contribution in [0.3, 0.4) is 0 Å². The van der Waals surface area contributed by atoms with Crippen LogP contribution < -0.4 is 0 Å². The fourth-order valence-electron chi connectivity index (χ4n) is 9.52. The number of allylic oxidation sites excluding steroid dienone is 4.